The van der Waals surface area contributed by atoms with Gasteiger partial charge in [-0.25, -0.2) is 4.98 Å². The number of nitrogen functional groups attached to an aromatic ring is 1. The summed E-state index contributed by atoms with van der Waals surface area (Å²) in [5.41, 5.74) is 9.47. The van der Waals surface area contributed by atoms with Crippen LogP contribution >= 0.6 is 0 Å². The summed E-state index contributed by atoms with van der Waals surface area (Å²) in [4.78, 5) is 4.43. The van der Waals surface area contributed by atoms with Gasteiger partial charge in [0.1, 0.15) is 0 Å². The number of unbranched alkanes of at least 4 members (excludes halogenated alkanes) is 3. The van der Waals surface area contributed by atoms with Gasteiger partial charge in [0.2, 0.25) is 5.95 Å². The molecule has 1 aromatic carbocycles. The Balaban J connectivity index is 1.89. The van der Waals surface area contributed by atoms with E-state index in [1.54, 1.807) is 0 Å². The molecular weight excluding hydrogens is 246 g/mol. The Labute approximate surface area is 122 Å². The second kappa shape index (κ2) is 6.78. The standard InChI is InChI=1S/C17H27N3/c1-13(2)8-6-4-5-7-11-20-16-12-14(3)9-10-15(16)19-17(20)18/h9-10,12-13H,4-8,11H2,1-3H3,(H2,18,19). The monoisotopic (exact) mass is 273 g/mol. The summed E-state index contributed by atoms with van der Waals surface area (Å²) in [5, 5.41) is 0. The van der Waals surface area contributed by atoms with E-state index in [0.717, 1.165) is 18.0 Å². The fourth-order valence-electron chi connectivity index (χ4n) is 2.66. The number of anilines is 1. The lowest BCUT2D eigenvalue weighted by atomic mass is 10.0. The van der Waals surface area contributed by atoms with E-state index < -0.39 is 0 Å². The van der Waals surface area contributed by atoms with Crippen LogP contribution in [-0.4, -0.2) is 9.55 Å². The SMILES string of the molecule is Cc1ccc2nc(N)n(CCCCCCC(C)C)c2c1. The highest BCUT2D eigenvalue weighted by atomic mass is 15.1. The summed E-state index contributed by atoms with van der Waals surface area (Å²) in [6.07, 6.45) is 6.47. The van der Waals surface area contributed by atoms with E-state index >= 15 is 0 Å². The van der Waals surface area contributed by atoms with Crippen LogP contribution < -0.4 is 5.73 Å². The van der Waals surface area contributed by atoms with Crippen molar-refractivity contribution in [1.29, 1.82) is 0 Å². The summed E-state index contributed by atoms with van der Waals surface area (Å²) in [6.45, 7) is 7.67. The molecule has 1 heterocycles. The molecular formula is C17H27N3. The van der Waals surface area contributed by atoms with Crippen LogP contribution in [-0.2, 0) is 6.54 Å². The summed E-state index contributed by atoms with van der Waals surface area (Å²) >= 11 is 0. The predicted molar refractivity (Wildman–Crippen MR) is 86.8 cm³/mol. The van der Waals surface area contributed by atoms with Crippen molar-refractivity contribution in [3.05, 3.63) is 23.8 Å². The number of aryl methyl sites for hydroxylation is 2. The first-order chi connectivity index (χ1) is 9.58. The van der Waals surface area contributed by atoms with Crippen LogP contribution in [0.15, 0.2) is 18.2 Å². The molecule has 0 spiro atoms. The molecule has 0 amide bonds. The number of aromatic nitrogens is 2. The van der Waals surface area contributed by atoms with Gasteiger partial charge < -0.3 is 10.3 Å². The molecule has 0 bridgehead atoms. The predicted octanol–water partition coefficient (Wildman–Crippen LogP) is 4.53. The lowest BCUT2D eigenvalue weighted by Gasteiger charge is -2.07. The Bertz CT molecular complexity index is 555. The molecule has 0 fully saturated rings. The molecule has 0 saturated heterocycles. The molecule has 0 aliphatic carbocycles. The maximum Gasteiger partial charge on any atom is 0.201 e. The lowest BCUT2D eigenvalue weighted by Crippen LogP contribution is -2.03. The Kier molecular flexibility index (Phi) is 5.05. The minimum absolute atomic E-state index is 0.646. The van der Waals surface area contributed by atoms with Gasteiger partial charge in [0.15, 0.2) is 0 Å². The minimum Gasteiger partial charge on any atom is -0.369 e. The summed E-state index contributed by atoms with van der Waals surface area (Å²) < 4.78 is 2.16. The van der Waals surface area contributed by atoms with Crippen LogP contribution in [0.5, 0.6) is 0 Å². The molecule has 20 heavy (non-hydrogen) atoms. The fraction of sp³-hybridized carbons (Fsp3) is 0.588. The third kappa shape index (κ3) is 3.75. The number of hydrogen-bond donors (Lipinski definition) is 1. The molecule has 2 N–H and O–H groups in total. The fourth-order valence-corrected chi connectivity index (χ4v) is 2.66. The van der Waals surface area contributed by atoms with Crippen LogP contribution in [0.1, 0.15) is 51.5 Å². The largest absolute Gasteiger partial charge is 0.369 e. The molecule has 0 aliphatic rings. The Morgan fingerprint density at radius 1 is 1.15 bits per heavy atom. The number of hydrogen-bond acceptors (Lipinski definition) is 2. The van der Waals surface area contributed by atoms with E-state index in [1.165, 1.54) is 43.2 Å². The molecule has 110 valence electrons. The lowest BCUT2D eigenvalue weighted by molar-refractivity contribution is 0.508. The smallest absolute Gasteiger partial charge is 0.201 e. The zero-order chi connectivity index (χ0) is 14.5. The van der Waals surface area contributed by atoms with Gasteiger partial charge in [-0.1, -0.05) is 45.6 Å². The number of fused-ring (bicyclic) bond motifs is 1. The van der Waals surface area contributed by atoms with Crippen LogP contribution in [0.4, 0.5) is 5.95 Å². The van der Waals surface area contributed by atoms with Gasteiger partial charge in [-0.3, -0.25) is 0 Å². The van der Waals surface area contributed by atoms with Crippen LogP contribution in [0.2, 0.25) is 0 Å². The van der Waals surface area contributed by atoms with E-state index in [0.29, 0.717) is 5.95 Å². The maximum absolute atomic E-state index is 6.04. The molecule has 2 rings (SSSR count). The molecule has 0 aliphatic heterocycles. The molecule has 0 saturated carbocycles. The number of nitrogens with zero attached hydrogens (tertiary/aromatic N) is 2. The average molecular weight is 273 g/mol. The number of rotatable bonds is 7. The van der Waals surface area contributed by atoms with Gasteiger partial charge in [0.25, 0.3) is 0 Å². The van der Waals surface area contributed by atoms with Crippen molar-refractivity contribution in [3.63, 3.8) is 0 Å². The molecule has 3 heteroatoms. The second-order valence-electron chi connectivity index (χ2n) is 6.21. The van der Waals surface area contributed by atoms with E-state index in [2.05, 4.69) is 48.5 Å². The summed E-state index contributed by atoms with van der Waals surface area (Å²) in [6, 6.07) is 6.32. The van der Waals surface area contributed by atoms with E-state index in [1.807, 2.05) is 0 Å². The first kappa shape index (κ1) is 14.9. The molecule has 1 aromatic heterocycles. The molecule has 0 atom stereocenters. The minimum atomic E-state index is 0.646. The third-order valence-electron chi connectivity index (χ3n) is 3.85. The Morgan fingerprint density at radius 2 is 1.90 bits per heavy atom. The zero-order valence-corrected chi connectivity index (χ0v) is 13.0. The highest BCUT2D eigenvalue weighted by molar-refractivity contribution is 5.79. The van der Waals surface area contributed by atoms with Crippen molar-refractivity contribution in [2.45, 2.75) is 59.4 Å². The number of imidazole rings is 1. The maximum atomic E-state index is 6.04. The number of benzene rings is 1. The first-order valence-corrected chi connectivity index (χ1v) is 7.80. The quantitative estimate of drug-likeness (QED) is 0.753. The van der Waals surface area contributed by atoms with E-state index in [9.17, 15) is 0 Å². The molecule has 2 aromatic rings. The van der Waals surface area contributed by atoms with Gasteiger partial charge in [-0.05, 0) is 37.0 Å². The van der Waals surface area contributed by atoms with Crippen molar-refractivity contribution in [1.82, 2.24) is 9.55 Å². The molecule has 3 nitrogen and oxygen atoms in total. The van der Waals surface area contributed by atoms with Crippen molar-refractivity contribution >= 4 is 17.0 Å². The Hall–Kier alpha value is -1.51. The van der Waals surface area contributed by atoms with Gasteiger partial charge in [0, 0.05) is 6.54 Å². The summed E-state index contributed by atoms with van der Waals surface area (Å²) in [7, 11) is 0. The van der Waals surface area contributed by atoms with Crippen molar-refractivity contribution < 1.29 is 0 Å². The van der Waals surface area contributed by atoms with Crippen LogP contribution in [0, 0.1) is 12.8 Å². The van der Waals surface area contributed by atoms with Crippen LogP contribution in [0.3, 0.4) is 0 Å². The molecule has 0 radical (unpaired) electrons. The second-order valence-corrected chi connectivity index (χ2v) is 6.21. The number of nitrogens with two attached hydrogens (primary N) is 1. The van der Waals surface area contributed by atoms with Crippen molar-refractivity contribution in [3.8, 4) is 0 Å². The normalized spacial score (nSPS) is 11.6. The van der Waals surface area contributed by atoms with E-state index in [-0.39, 0.29) is 0 Å². The highest BCUT2D eigenvalue weighted by Gasteiger charge is 2.07. The van der Waals surface area contributed by atoms with Crippen molar-refractivity contribution in [2.24, 2.45) is 5.92 Å². The Morgan fingerprint density at radius 3 is 2.65 bits per heavy atom. The van der Waals surface area contributed by atoms with Gasteiger partial charge in [-0.15, -0.1) is 0 Å². The van der Waals surface area contributed by atoms with Crippen molar-refractivity contribution in [2.75, 3.05) is 5.73 Å². The highest BCUT2D eigenvalue weighted by Crippen LogP contribution is 2.20. The zero-order valence-electron chi connectivity index (χ0n) is 13.0. The molecule has 0 unspecified atom stereocenters. The topological polar surface area (TPSA) is 43.8 Å². The first-order valence-electron chi connectivity index (χ1n) is 7.80. The third-order valence-corrected chi connectivity index (χ3v) is 3.85. The summed E-state index contributed by atoms with van der Waals surface area (Å²) in [5.74, 6) is 1.47. The average Bonchev–Trinajstić information content (AvgIpc) is 2.69. The van der Waals surface area contributed by atoms with E-state index in [4.69, 9.17) is 5.73 Å². The van der Waals surface area contributed by atoms with Gasteiger partial charge in [0.05, 0.1) is 11.0 Å². The van der Waals surface area contributed by atoms with Gasteiger partial charge in [-0.2, -0.15) is 0 Å². The van der Waals surface area contributed by atoms with Crippen LogP contribution in [0.25, 0.3) is 11.0 Å². The van der Waals surface area contributed by atoms with Gasteiger partial charge >= 0.3 is 0 Å².